The molecule has 0 aromatic heterocycles. The molecule has 2 rings (SSSR count). The Labute approximate surface area is 94.2 Å². The summed E-state index contributed by atoms with van der Waals surface area (Å²) in [6.45, 7) is 1.92. The first-order chi connectivity index (χ1) is 7.65. The minimum atomic E-state index is -0.222. The van der Waals surface area contributed by atoms with E-state index >= 15 is 0 Å². The maximum Gasteiger partial charge on any atom is 0.254 e. The van der Waals surface area contributed by atoms with Crippen LogP contribution in [0, 0.1) is 6.92 Å². The van der Waals surface area contributed by atoms with Gasteiger partial charge >= 0.3 is 0 Å². The van der Waals surface area contributed by atoms with Crippen LogP contribution in [0.3, 0.4) is 0 Å². The van der Waals surface area contributed by atoms with Crippen molar-refractivity contribution in [3.63, 3.8) is 0 Å². The predicted molar refractivity (Wildman–Crippen MR) is 59.8 cm³/mol. The summed E-state index contributed by atoms with van der Waals surface area (Å²) in [4.78, 5) is 11.7. The summed E-state index contributed by atoms with van der Waals surface area (Å²) in [6, 6.07) is 3.80. The fraction of sp³-hybridized carbons (Fsp3) is 0.417. The van der Waals surface area contributed by atoms with Gasteiger partial charge in [-0.25, -0.2) is 0 Å². The molecule has 1 atom stereocenters. The summed E-state index contributed by atoms with van der Waals surface area (Å²) < 4.78 is 5.55. The van der Waals surface area contributed by atoms with Crippen molar-refractivity contribution in [1.29, 1.82) is 0 Å². The molecule has 4 nitrogen and oxygen atoms in total. The summed E-state index contributed by atoms with van der Waals surface area (Å²) in [5.41, 5.74) is 2.57. The van der Waals surface area contributed by atoms with Gasteiger partial charge in [0.1, 0.15) is 11.9 Å². The second-order valence-corrected chi connectivity index (χ2v) is 4.01. The second-order valence-electron chi connectivity index (χ2n) is 4.01. The highest BCUT2D eigenvalue weighted by molar-refractivity contribution is 5.97. The average molecular weight is 221 g/mol. The number of aliphatic hydroxyl groups is 1. The number of aliphatic hydroxyl groups excluding tert-OH is 1. The Bertz CT molecular complexity index is 429. The van der Waals surface area contributed by atoms with E-state index in [2.05, 4.69) is 5.32 Å². The van der Waals surface area contributed by atoms with E-state index in [1.807, 2.05) is 13.0 Å². The highest BCUT2D eigenvalue weighted by atomic mass is 16.5. The zero-order valence-corrected chi connectivity index (χ0v) is 9.41. The lowest BCUT2D eigenvalue weighted by Gasteiger charge is -2.10. The molecule has 0 saturated heterocycles. The molecule has 0 bridgehead atoms. The van der Waals surface area contributed by atoms with Gasteiger partial charge in [-0.2, -0.15) is 0 Å². The summed E-state index contributed by atoms with van der Waals surface area (Å²) in [5.74, 6) is 0.461. The Morgan fingerprint density at radius 2 is 2.38 bits per heavy atom. The number of carbonyl (C=O) groups is 1. The van der Waals surface area contributed by atoms with Crippen LogP contribution < -0.4 is 10.1 Å². The van der Waals surface area contributed by atoms with Crippen LogP contribution >= 0.6 is 0 Å². The Kier molecular flexibility index (Phi) is 2.83. The lowest BCUT2D eigenvalue weighted by Crippen LogP contribution is -2.20. The van der Waals surface area contributed by atoms with Crippen LogP contribution in [0.5, 0.6) is 5.75 Å². The summed E-state index contributed by atoms with van der Waals surface area (Å²) >= 11 is 0. The van der Waals surface area contributed by atoms with E-state index in [9.17, 15) is 4.79 Å². The van der Waals surface area contributed by atoms with Crippen LogP contribution in [0.15, 0.2) is 12.1 Å². The Morgan fingerprint density at radius 3 is 3.00 bits per heavy atom. The van der Waals surface area contributed by atoms with Crippen LogP contribution in [0.2, 0.25) is 0 Å². The minimum Gasteiger partial charge on any atom is -0.487 e. The average Bonchev–Trinajstić information content (AvgIpc) is 2.69. The Morgan fingerprint density at radius 1 is 1.62 bits per heavy atom. The van der Waals surface area contributed by atoms with Crippen LogP contribution in [0.1, 0.15) is 21.5 Å². The number of aryl methyl sites for hydroxylation is 1. The second kappa shape index (κ2) is 4.14. The molecule has 1 unspecified atom stereocenters. The number of rotatable bonds is 2. The topological polar surface area (TPSA) is 58.6 Å². The number of amides is 1. The number of nitrogens with one attached hydrogen (secondary N) is 1. The number of ether oxygens (including phenoxy) is 1. The van der Waals surface area contributed by atoms with E-state index < -0.39 is 0 Å². The van der Waals surface area contributed by atoms with Gasteiger partial charge in [-0.05, 0) is 24.1 Å². The van der Waals surface area contributed by atoms with Crippen molar-refractivity contribution in [2.24, 2.45) is 0 Å². The molecule has 16 heavy (non-hydrogen) atoms. The monoisotopic (exact) mass is 221 g/mol. The standard InChI is InChI=1S/C12H15NO3/c1-7-3-8-5-9(6-14)16-11(8)10(4-7)12(15)13-2/h3-4,9,14H,5-6H2,1-2H3,(H,13,15). The lowest BCUT2D eigenvalue weighted by atomic mass is 10.0. The molecule has 0 saturated carbocycles. The summed E-state index contributed by atoms with van der Waals surface area (Å²) in [7, 11) is 1.59. The van der Waals surface area contributed by atoms with Gasteiger partial charge in [0.2, 0.25) is 0 Å². The molecule has 1 aliphatic rings. The zero-order chi connectivity index (χ0) is 11.7. The van der Waals surface area contributed by atoms with Gasteiger partial charge < -0.3 is 15.2 Å². The van der Waals surface area contributed by atoms with Crippen molar-refractivity contribution in [2.75, 3.05) is 13.7 Å². The van der Waals surface area contributed by atoms with Gasteiger partial charge in [-0.1, -0.05) is 6.07 Å². The van der Waals surface area contributed by atoms with Gasteiger partial charge in [0, 0.05) is 13.5 Å². The van der Waals surface area contributed by atoms with Crippen molar-refractivity contribution < 1.29 is 14.6 Å². The highest BCUT2D eigenvalue weighted by Gasteiger charge is 2.27. The van der Waals surface area contributed by atoms with E-state index in [-0.39, 0.29) is 18.6 Å². The molecule has 1 amide bonds. The first-order valence-electron chi connectivity index (χ1n) is 5.28. The van der Waals surface area contributed by atoms with Crippen molar-refractivity contribution in [2.45, 2.75) is 19.4 Å². The molecule has 86 valence electrons. The molecule has 4 heteroatoms. The Hall–Kier alpha value is -1.55. The number of fused-ring (bicyclic) bond motifs is 1. The molecular formula is C12H15NO3. The SMILES string of the molecule is CNC(=O)c1cc(C)cc2c1OC(CO)C2. The molecule has 1 aliphatic heterocycles. The van der Waals surface area contributed by atoms with Crippen molar-refractivity contribution >= 4 is 5.91 Å². The number of benzene rings is 1. The highest BCUT2D eigenvalue weighted by Crippen LogP contribution is 2.33. The van der Waals surface area contributed by atoms with E-state index in [4.69, 9.17) is 9.84 Å². The summed E-state index contributed by atoms with van der Waals surface area (Å²) in [6.07, 6.45) is 0.442. The van der Waals surface area contributed by atoms with Gasteiger partial charge in [-0.3, -0.25) is 4.79 Å². The third-order valence-electron chi connectivity index (χ3n) is 2.72. The molecule has 1 aromatic carbocycles. The molecule has 0 aliphatic carbocycles. The van der Waals surface area contributed by atoms with Crippen molar-refractivity contribution in [1.82, 2.24) is 5.32 Å². The Balaban J connectivity index is 2.45. The molecule has 2 N–H and O–H groups in total. The predicted octanol–water partition coefficient (Wildman–Crippen LogP) is 0.650. The quantitative estimate of drug-likeness (QED) is 0.771. The van der Waals surface area contributed by atoms with Gasteiger partial charge in [0.25, 0.3) is 5.91 Å². The van der Waals surface area contributed by atoms with Crippen LogP contribution in [-0.2, 0) is 6.42 Å². The van der Waals surface area contributed by atoms with Gasteiger partial charge in [-0.15, -0.1) is 0 Å². The van der Waals surface area contributed by atoms with Crippen LogP contribution in [-0.4, -0.2) is 30.8 Å². The smallest absolute Gasteiger partial charge is 0.254 e. The maximum atomic E-state index is 11.7. The van der Waals surface area contributed by atoms with Gasteiger partial charge in [0.05, 0.1) is 12.2 Å². The molecule has 0 radical (unpaired) electrons. The third-order valence-corrected chi connectivity index (χ3v) is 2.72. The third kappa shape index (κ3) is 1.76. The van der Waals surface area contributed by atoms with E-state index in [0.29, 0.717) is 17.7 Å². The first kappa shape index (κ1) is 11.0. The van der Waals surface area contributed by atoms with E-state index in [0.717, 1.165) is 11.1 Å². The number of hydrogen-bond acceptors (Lipinski definition) is 3. The van der Waals surface area contributed by atoms with E-state index in [1.165, 1.54) is 0 Å². The fourth-order valence-electron chi connectivity index (χ4n) is 2.00. The van der Waals surface area contributed by atoms with Gasteiger partial charge in [0.15, 0.2) is 0 Å². The maximum absolute atomic E-state index is 11.7. The summed E-state index contributed by atoms with van der Waals surface area (Å²) in [5, 5.41) is 11.7. The molecule has 0 fully saturated rings. The fourth-order valence-corrected chi connectivity index (χ4v) is 2.00. The van der Waals surface area contributed by atoms with Crippen molar-refractivity contribution in [3.8, 4) is 5.75 Å². The molecule has 1 heterocycles. The molecular weight excluding hydrogens is 206 g/mol. The number of carbonyl (C=O) groups excluding carboxylic acids is 1. The minimum absolute atomic E-state index is 0.0269. The zero-order valence-electron chi connectivity index (χ0n) is 9.41. The normalized spacial score (nSPS) is 17.8. The first-order valence-corrected chi connectivity index (χ1v) is 5.28. The largest absolute Gasteiger partial charge is 0.487 e. The lowest BCUT2D eigenvalue weighted by molar-refractivity contribution is 0.0951. The van der Waals surface area contributed by atoms with E-state index in [1.54, 1.807) is 13.1 Å². The van der Waals surface area contributed by atoms with Crippen LogP contribution in [0.25, 0.3) is 0 Å². The molecule has 1 aromatic rings. The number of hydrogen-bond donors (Lipinski definition) is 2. The molecule has 0 spiro atoms. The van der Waals surface area contributed by atoms with Crippen molar-refractivity contribution in [3.05, 3.63) is 28.8 Å². The van der Waals surface area contributed by atoms with Crippen LogP contribution in [0.4, 0.5) is 0 Å².